The Morgan fingerprint density at radius 3 is 2.48 bits per heavy atom. The van der Waals surface area contributed by atoms with E-state index in [0.717, 1.165) is 24.3 Å². The molecule has 0 atom stereocenters. The van der Waals surface area contributed by atoms with Crippen LogP contribution in [0, 0.1) is 5.82 Å². The van der Waals surface area contributed by atoms with E-state index in [4.69, 9.17) is 4.42 Å². The highest BCUT2D eigenvalue weighted by atomic mass is 32.2. The Morgan fingerprint density at radius 2 is 1.85 bits per heavy atom. The predicted octanol–water partition coefficient (Wildman–Crippen LogP) is 4.57. The fourth-order valence-corrected chi connectivity index (χ4v) is 5.08. The number of rotatable bonds is 5. The van der Waals surface area contributed by atoms with Gasteiger partial charge in [-0.05, 0) is 63.2 Å². The fraction of sp³-hybridized carbons (Fsp3) is 0.200. The predicted molar refractivity (Wildman–Crippen MR) is 120 cm³/mol. The Kier molecular flexibility index (Phi) is 5.54. The lowest BCUT2D eigenvalue weighted by molar-refractivity contribution is 0.195. The molecule has 4 aromatic rings. The van der Waals surface area contributed by atoms with E-state index in [9.17, 15) is 22.7 Å². The number of halogens is 1. The van der Waals surface area contributed by atoms with Crippen LogP contribution in [0.25, 0.3) is 21.7 Å². The van der Waals surface area contributed by atoms with Crippen LogP contribution in [-0.2, 0) is 10.0 Å². The molecular weight excluding hydrogens is 473 g/mol. The number of fused-ring (bicyclic) bond motifs is 1. The lowest BCUT2D eigenvalue weighted by Crippen LogP contribution is -2.45. The van der Waals surface area contributed by atoms with Gasteiger partial charge in [-0.1, -0.05) is 16.4 Å². The Hall–Kier alpha value is -3.58. The molecule has 172 valence electrons. The van der Waals surface area contributed by atoms with Crippen LogP contribution < -0.4 is 9.62 Å². The van der Waals surface area contributed by atoms with Gasteiger partial charge in [-0.15, -0.1) is 5.10 Å². The Balaban J connectivity index is 1.61. The molecule has 1 amide bonds. The molecular formula is C20H18FN5O5S2. The van der Waals surface area contributed by atoms with Crippen molar-refractivity contribution in [3.05, 3.63) is 48.3 Å². The van der Waals surface area contributed by atoms with E-state index in [0.29, 0.717) is 20.9 Å². The summed E-state index contributed by atoms with van der Waals surface area (Å²) in [6.45, 7) is 5.31. The lowest BCUT2D eigenvalue weighted by Gasteiger charge is -2.30. The first kappa shape index (κ1) is 22.6. The van der Waals surface area contributed by atoms with E-state index in [1.165, 1.54) is 16.2 Å². The highest BCUT2D eigenvalue weighted by molar-refractivity contribution is 7.92. The Morgan fingerprint density at radius 1 is 1.15 bits per heavy atom. The quantitative estimate of drug-likeness (QED) is 0.414. The van der Waals surface area contributed by atoms with E-state index in [2.05, 4.69) is 19.9 Å². The highest BCUT2D eigenvalue weighted by Crippen LogP contribution is 2.35. The summed E-state index contributed by atoms with van der Waals surface area (Å²) in [4.78, 5) is 17.2. The molecule has 2 heterocycles. The molecule has 33 heavy (non-hydrogen) atoms. The number of thiazole rings is 1. The van der Waals surface area contributed by atoms with E-state index < -0.39 is 27.5 Å². The first-order valence-electron chi connectivity index (χ1n) is 9.50. The minimum atomic E-state index is -4.04. The number of hydrogen-bond donors (Lipinski definition) is 2. The van der Waals surface area contributed by atoms with Crippen molar-refractivity contribution in [1.82, 2.24) is 15.2 Å². The molecule has 2 aromatic carbocycles. The number of aromatic nitrogens is 3. The standard InChI is InChI=1S/C20H18FN5O5S2/c1-20(2,3)26(19(27)28)18-22-14-9-4-11(10-15(14)32-18)16-23-24-17(31-16)25-33(29,30)13-7-5-12(21)6-8-13/h4-10H,1-3H3,(H,24,25)(H,27,28). The van der Waals surface area contributed by atoms with Crippen molar-refractivity contribution in [2.45, 2.75) is 31.2 Å². The second-order valence-corrected chi connectivity index (χ2v) is 10.6. The number of nitrogens with zero attached hydrogens (tertiary/aromatic N) is 4. The van der Waals surface area contributed by atoms with Gasteiger partial charge in [0.05, 0.1) is 15.1 Å². The van der Waals surface area contributed by atoms with Crippen molar-refractivity contribution in [3.8, 4) is 11.5 Å². The van der Waals surface area contributed by atoms with Crippen LogP contribution in [0.5, 0.6) is 0 Å². The van der Waals surface area contributed by atoms with Crippen LogP contribution in [0.1, 0.15) is 20.8 Å². The normalized spacial score (nSPS) is 12.1. The molecule has 0 saturated carbocycles. The first-order chi connectivity index (χ1) is 15.4. The molecule has 0 radical (unpaired) electrons. The summed E-state index contributed by atoms with van der Waals surface area (Å²) in [6.07, 6.45) is -1.11. The number of anilines is 2. The maximum Gasteiger partial charge on any atom is 0.414 e. The summed E-state index contributed by atoms with van der Waals surface area (Å²) >= 11 is 1.19. The van der Waals surface area contributed by atoms with Gasteiger partial charge in [-0.2, -0.15) is 0 Å². The molecule has 4 rings (SSSR count). The molecule has 0 spiro atoms. The van der Waals surface area contributed by atoms with Gasteiger partial charge in [-0.25, -0.2) is 32.2 Å². The van der Waals surface area contributed by atoms with Crippen molar-refractivity contribution in [2.24, 2.45) is 0 Å². The molecule has 0 aliphatic heterocycles. The van der Waals surface area contributed by atoms with Crippen LogP contribution in [0.15, 0.2) is 51.8 Å². The monoisotopic (exact) mass is 491 g/mol. The molecule has 0 fully saturated rings. The largest absolute Gasteiger partial charge is 0.465 e. The first-order valence-corrected chi connectivity index (χ1v) is 11.8. The number of carbonyl (C=O) groups is 1. The van der Waals surface area contributed by atoms with Crippen LogP contribution >= 0.6 is 11.3 Å². The van der Waals surface area contributed by atoms with Crippen molar-refractivity contribution < 1.29 is 27.1 Å². The topological polar surface area (TPSA) is 139 Å². The van der Waals surface area contributed by atoms with E-state index in [-0.39, 0.29) is 16.8 Å². The number of hydrogen-bond acceptors (Lipinski definition) is 8. The van der Waals surface area contributed by atoms with Gasteiger partial charge < -0.3 is 9.52 Å². The molecule has 13 heteroatoms. The van der Waals surface area contributed by atoms with Crippen molar-refractivity contribution in [2.75, 3.05) is 9.62 Å². The minimum Gasteiger partial charge on any atom is -0.465 e. The van der Waals surface area contributed by atoms with Crippen molar-refractivity contribution >= 4 is 48.8 Å². The van der Waals surface area contributed by atoms with Gasteiger partial charge in [0.25, 0.3) is 10.0 Å². The second-order valence-electron chi connectivity index (χ2n) is 7.94. The fourth-order valence-electron chi connectivity index (χ4n) is 2.97. The van der Waals surface area contributed by atoms with Crippen LogP contribution in [-0.4, -0.2) is 40.3 Å². The van der Waals surface area contributed by atoms with Gasteiger partial charge in [0.15, 0.2) is 5.13 Å². The van der Waals surface area contributed by atoms with Crippen molar-refractivity contribution in [1.29, 1.82) is 0 Å². The van der Waals surface area contributed by atoms with Crippen LogP contribution in [0.3, 0.4) is 0 Å². The average Bonchev–Trinajstić information content (AvgIpc) is 3.32. The highest BCUT2D eigenvalue weighted by Gasteiger charge is 2.30. The molecule has 0 unspecified atom stereocenters. The Bertz CT molecular complexity index is 1440. The number of nitrogens with one attached hydrogen (secondary N) is 1. The van der Waals surface area contributed by atoms with Gasteiger partial charge in [0.1, 0.15) is 5.82 Å². The summed E-state index contributed by atoms with van der Waals surface area (Å²) in [7, 11) is -4.04. The van der Waals surface area contributed by atoms with Crippen molar-refractivity contribution in [3.63, 3.8) is 0 Å². The zero-order chi connectivity index (χ0) is 24.0. The minimum absolute atomic E-state index is 0.0505. The average molecular weight is 492 g/mol. The van der Waals surface area contributed by atoms with Gasteiger partial charge >= 0.3 is 12.1 Å². The Labute approximate surface area is 191 Å². The van der Waals surface area contributed by atoms with Crippen LogP contribution in [0.4, 0.5) is 20.3 Å². The summed E-state index contributed by atoms with van der Waals surface area (Å²) in [6, 6.07) is 8.95. The summed E-state index contributed by atoms with van der Waals surface area (Å²) in [5.74, 6) is -0.515. The second kappa shape index (κ2) is 8.08. The van der Waals surface area contributed by atoms with Crippen LogP contribution in [0.2, 0.25) is 0 Å². The number of benzene rings is 2. The zero-order valence-electron chi connectivity index (χ0n) is 17.6. The van der Waals surface area contributed by atoms with Gasteiger partial charge in [-0.3, -0.25) is 0 Å². The third kappa shape index (κ3) is 4.64. The number of amides is 1. The maximum absolute atomic E-state index is 13.1. The maximum atomic E-state index is 13.1. The third-order valence-electron chi connectivity index (χ3n) is 4.45. The van der Waals surface area contributed by atoms with Gasteiger partial charge in [0, 0.05) is 11.1 Å². The molecule has 0 bridgehead atoms. The molecule has 0 saturated heterocycles. The summed E-state index contributed by atoms with van der Waals surface area (Å²) in [5.41, 5.74) is 0.395. The smallest absolute Gasteiger partial charge is 0.414 e. The molecule has 2 aromatic heterocycles. The molecule has 2 N–H and O–H groups in total. The van der Waals surface area contributed by atoms with Gasteiger partial charge in [0.2, 0.25) is 5.89 Å². The summed E-state index contributed by atoms with van der Waals surface area (Å²) in [5, 5.41) is 17.5. The van der Waals surface area contributed by atoms with E-state index >= 15 is 0 Å². The SMILES string of the molecule is CC(C)(C)N(C(=O)O)c1nc2ccc(-c3nnc(NS(=O)(=O)c4ccc(F)cc4)o3)cc2s1. The zero-order valence-corrected chi connectivity index (χ0v) is 19.2. The number of carboxylic acid groups (broad SMARTS) is 1. The molecule has 0 aliphatic rings. The van der Waals surface area contributed by atoms with E-state index in [1.807, 2.05) is 0 Å². The molecule has 10 nitrogen and oxygen atoms in total. The number of sulfonamides is 1. The summed E-state index contributed by atoms with van der Waals surface area (Å²) < 4.78 is 46.2. The lowest BCUT2D eigenvalue weighted by atomic mass is 10.1. The third-order valence-corrected chi connectivity index (χ3v) is 6.79. The molecule has 0 aliphatic carbocycles. The van der Waals surface area contributed by atoms with E-state index in [1.54, 1.807) is 39.0 Å².